The molecule has 0 aliphatic heterocycles. The van der Waals surface area contributed by atoms with Crippen LogP contribution in [0.5, 0.6) is 0 Å². The summed E-state index contributed by atoms with van der Waals surface area (Å²) in [5.74, 6) is -0.0983. The quantitative estimate of drug-likeness (QED) is 0.411. The lowest BCUT2D eigenvalue weighted by atomic mass is 10.1. The van der Waals surface area contributed by atoms with Crippen molar-refractivity contribution in [1.82, 2.24) is 0 Å². The van der Waals surface area contributed by atoms with Crippen LogP contribution in [0.15, 0.2) is 88.7 Å². The summed E-state index contributed by atoms with van der Waals surface area (Å²) in [6, 6.07) is 23.5. The Hall–Kier alpha value is -2.50. The summed E-state index contributed by atoms with van der Waals surface area (Å²) in [6.45, 7) is 4.08. The zero-order valence-electron chi connectivity index (χ0n) is 14.5. The molecule has 0 atom stereocenters. The van der Waals surface area contributed by atoms with E-state index in [1.54, 1.807) is 30.0 Å². The fourth-order valence-corrected chi connectivity index (χ4v) is 3.82. The van der Waals surface area contributed by atoms with Crippen molar-refractivity contribution in [1.29, 1.82) is 0 Å². The molecule has 2 N–H and O–H groups in total. The monoisotopic (exact) mass is 439 g/mol. The largest absolute Gasteiger partial charge is 0.478 e. The van der Waals surface area contributed by atoms with Crippen molar-refractivity contribution < 1.29 is 9.90 Å². The molecule has 0 heterocycles. The lowest BCUT2D eigenvalue weighted by Gasteiger charge is -2.13. The number of hydrogen-bond acceptors (Lipinski definition) is 3. The second-order valence-corrected chi connectivity index (χ2v) is 7.87. The molecule has 5 heteroatoms. The Kier molecular flexibility index (Phi) is 6.37. The van der Waals surface area contributed by atoms with Gasteiger partial charge in [0.1, 0.15) is 0 Å². The van der Waals surface area contributed by atoms with Crippen LogP contribution >= 0.6 is 27.7 Å². The van der Waals surface area contributed by atoms with Crippen LogP contribution in [0, 0.1) is 0 Å². The maximum absolute atomic E-state index is 11.5. The molecule has 0 saturated carbocycles. The van der Waals surface area contributed by atoms with Gasteiger partial charge in [-0.2, -0.15) is 0 Å². The Balaban J connectivity index is 1.73. The van der Waals surface area contributed by atoms with Gasteiger partial charge in [0.05, 0.1) is 11.3 Å². The van der Waals surface area contributed by atoms with E-state index >= 15 is 0 Å². The summed E-state index contributed by atoms with van der Waals surface area (Å²) < 4.78 is 0.718. The standard InChI is InChI=1S/C22H18BrNO2S/c1-15(24-21-11-10-18(23)13-20(21)22(25)26)17-8-5-9-19(12-17)27-14-16-6-3-2-4-7-16/h2-13,24H,1,14H2,(H,25,26). The third kappa shape index (κ3) is 5.25. The molecule has 0 spiro atoms. The molecule has 3 aromatic rings. The second kappa shape index (κ2) is 8.93. The number of hydrogen-bond donors (Lipinski definition) is 2. The number of anilines is 1. The lowest BCUT2D eigenvalue weighted by molar-refractivity contribution is 0.0698. The van der Waals surface area contributed by atoms with Crippen molar-refractivity contribution in [3.05, 3.63) is 101 Å². The molecule has 3 rings (SSSR count). The van der Waals surface area contributed by atoms with Gasteiger partial charge in [0.2, 0.25) is 0 Å². The molecule has 0 bridgehead atoms. The van der Waals surface area contributed by atoms with Crippen molar-refractivity contribution >= 4 is 45.0 Å². The zero-order valence-corrected chi connectivity index (χ0v) is 16.9. The van der Waals surface area contributed by atoms with Crippen LogP contribution in [0.25, 0.3) is 5.70 Å². The molecule has 0 fully saturated rings. The number of carboxylic acids is 1. The molecule has 0 amide bonds. The molecule has 136 valence electrons. The number of thioether (sulfide) groups is 1. The topological polar surface area (TPSA) is 49.3 Å². The minimum atomic E-state index is -0.987. The second-order valence-electron chi connectivity index (χ2n) is 5.90. The van der Waals surface area contributed by atoms with Crippen LogP contribution in [-0.2, 0) is 5.75 Å². The van der Waals surface area contributed by atoms with E-state index in [1.165, 1.54) is 5.56 Å². The van der Waals surface area contributed by atoms with Crippen molar-refractivity contribution in [2.75, 3.05) is 5.32 Å². The summed E-state index contributed by atoms with van der Waals surface area (Å²) >= 11 is 5.06. The SMILES string of the molecule is C=C(Nc1ccc(Br)cc1C(=O)O)c1cccc(SCc2ccccc2)c1. The highest BCUT2D eigenvalue weighted by molar-refractivity contribution is 9.10. The average molecular weight is 440 g/mol. The molecule has 27 heavy (non-hydrogen) atoms. The van der Waals surface area contributed by atoms with Crippen LogP contribution in [0.4, 0.5) is 5.69 Å². The first-order valence-corrected chi connectivity index (χ1v) is 10.1. The van der Waals surface area contributed by atoms with Gasteiger partial charge in [-0.1, -0.05) is 65.0 Å². The van der Waals surface area contributed by atoms with E-state index in [0.717, 1.165) is 20.7 Å². The fraction of sp³-hybridized carbons (Fsp3) is 0.0455. The number of benzene rings is 3. The number of halogens is 1. The average Bonchev–Trinajstić information content (AvgIpc) is 2.68. The zero-order chi connectivity index (χ0) is 19.2. The Morgan fingerprint density at radius 2 is 1.81 bits per heavy atom. The highest BCUT2D eigenvalue weighted by atomic mass is 79.9. The van der Waals surface area contributed by atoms with Crippen molar-refractivity contribution in [2.24, 2.45) is 0 Å². The van der Waals surface area contributed by atoms with Crippen LogP contribution in [-0.4, -0.2) is 11.1 Å². The Bertz CT molecular complexity index is 973. The van der Waals surface area contributed by atoms with Gasteiger partial charge in [-0.3, -0.25) is 0 Å². The molecule has 3 nitrogen and oxygen atoms in total. The molecular weight excluding hydrogens is 422 g/mol. The normalized spacial score (nSPS) is 10.4. The molecule has 0 aliphatic rings. The molecule has 0 unspecified atom stereocenters. The van der Waals surface area contributed by atoms with Gasteiger partial charge in [0, 0.05) is 20.8 Å². The van der Waals surface area contributed by atoms with Crippen molar-refractivity contribution in [3.63, 3.8) is 0 Å². The first-order chi connectivity index (χ1) is 13.0. The van der Waals surface area contributed by atoms with E-state index in [9.17, 15) is 9.90 Å². The Morgan fingerprint density at radius 3 is 2.56 bits per heavy atom. The van der Waals surface area contributed by atoms with E-state index in [4.69, 9.17) is 0 Å². The van der Waals surface area contributed by atoms with E-state index < -0.39 is 5.97 Å². The van der Waals surface area contributed by atoms with E-state index in [-0.39, 0.29) is 5.56 Å². The first-order valence-electron chi connectivity index (χ1n) is 8.29. The van der Waals surface area contributed by atoms with E-state index in [2.05, 4.69) is 52.1 Å². The van der Waals surface area contributed by atoms with Crippen LogP contribution in [0.3, 0.4) is 0 Å². The number of carbonyl (C=O) groups is 1. The number of carboxylic acid groups (broad SMARTS) is 1. The van der Waals surface area contributed by atoms with Crippen LogP contribution in [0.1, 0.15) is 21.5 Å². The third-order valence-corrected chi connectivity index (χ3v) is 5.49. The Labute approximate surface area is 171 Å². The smallest absolute Gasteiger partial charge is 0.337 e. The highest BCUT2D eigenvalue weighted by Crippen LogP contribution is 2.28. The van der Waals surface area contributed by atoms with Crippen molar-refractivity contribution in [3.8, 4) is 0 Å². The first kappa shape index (κ1) is 19.3. The maximum atomic E-state index is 11.5. The van der Waals surface area contributed by atoms with Crippen LogP contribution < -0.4 is 5.32 Å². The van der Waals surface area contributed by atoms with Gasteiger partial charge in [0.15, 0.2) is 0 Å². The van der Waals surface area contributed by atoms with Crippen LogP contribution in [0.2, 0.25) is 0 Å². The molecule has 0 aromatic heterocycles. The molecule has 0 aliphatic carbocycles. The summed E-state index contributed by atoms with van der Waals surface area (Å²) in [5.41, 5.74) is 3.55. The minimum absolute atomic E-state index is 0.195. The van der Waals surface area contributed by atoms with E-state index in [0.29, 0.717) is 11.4 Å². The number of rotatable bonds is 7. The number of nitrogens with one attached hydrogen (secondary N) is 1. The Morgan fingerprint density at radius 1 is 1.04 bits per heavy atom. The number of aromatic carboxylic acids is 1. The van der Waals surface area contributed by atoms with Crippen molar-refractivity contribution in [2.45, 2.75) is 10.6 Å². The van der Waals surface area contributed by atoms with E-state index in [1.807, 2.05) is 30.3 Å². The highest BCUT2D eigenvalue weighted by Gasteiger charge is 2.12. The molecule has 0 radical (unpaired) electrons. The predicted octanol–water partition coefficient (Wildman–Crippen LogP) is 6.52. The minimum Gasteiger partial charge on any atom is -0.478 e. The maximum Gasteiger partial charge on any atom is 0.337 e. The summed E-state index contributed by atoms with van der Waals surface area (Å²) in [5, 5.41) is 12.5. The van der Waals surface area contributed by atoms with Gasteiger partial charge >= 0.3 is 5.97 Å². The summed E-state index contributed by atoms with van der Waals surface area (Å²) in [6.07, 6.45) is 0. The molecule has 0 saturated heterocycles. The molecule has 3 aromatic carbocycles. The fourth-order valence-electron chi connectivity index (χ4n) is 2.55. The van der Waals surface area contributed by atoms with Gasteiger partial charge in [0.25, 0.3) is 0 Å². The predicted molar refractivity (Wildman–Crippen MR) is 116 cm³/mol. The van der Waals surface area contributed by atoms with Gasteiger partial charge in [-0.25, -0.2) is 4.79 Å². The summed E-state index contributed by atoms with van der Waals surface area (Å²) in [7, 11) is 0. The lowest BCUT2D eigenvalue weighted by Crippen LogP contribution is -2.05. The van der Waals surface area contributed by atoms with Gasteiger partial charge in [-0.15, -0.1) is 11.8 Å². The molecular formula is C22H18BrNO2S. The van der Waals surface area contributed by atoms with Gasteiger partial charge in [-0.05, 0) is 41.5 Å². The summed E-state index contributed by atoms with van der Waals surface area (Å²) in [4.78, 5) is 12.6. The van der Waals surface area contributed by atoms with Gasteiger partial charge < -0.3 is 10.4 Å². The third-order valence-electron chi connectivity index (χ3n) is 3.93.